The second-order valence-corrected chi connectivity index (χ2v) is 13.8. The number of hydrogen-bond donors (Lipinski definition) is 3. The van der Waals surface area contributed by atoms with E-state index in [0.717, 1.165) is 21.7 Å². The summed E-state index contributed by atoms with van der Waals surface area (Å²) in [5.74, 6) is -1.13. The number of thiazole rings is 1. The maximum atomic E-state index is 13.6. The first-order valence-corrected chi connectivity index (χ1v) is 17.2. The van der Waals surface area contributed by atoms with Gasteiger partial charge in [-0.15, -0.1) is 23.1 Å². The van der Waals surface area contributed by atoms with Crippen molar-refractivity contribution in [1.82, 2.24) is 10.3 Å². The zero-order chi connectivity index (χ0) is 34.2. The lowest BCUT2D eigenvalue weighted by Gasteiger charge is -2.14. The van der Waals surface area contributed by atoms with E-state index in [-0.39, 0.29) is 11.6 Å². The summed E-state index contributed by atoms with van der Waals surface area (Å²) in [5, 5.41) is 11.2. The minimum atomic E-state index is -0.495. The van der Waals surface area contributed by atoms with Crippen LogP contribution in [0.3, 0.4) is 0 Å². The summed E-state index contributed by atoms with van der Waals surface area (Å²) in [5.41, 5.74) is 4.23. The number of rotatable bonds is 11. The van der Waals surface area contributed by atoms with Crippen LogP contribution in [-0.4, -0.2) is 42.1 Å². The third-order valence-electron chi connectivity index (χ3n) is 6.97. The second-order valence-electron chi connectivity index (χ2n) is 10.8. The smallest absolute Gasteiger partial charge is 0.272 e. The molecule has 5 rings (SSSR count). The Morgan fingerprint density at radius 2 is 1.62 bits per heavy atom. The van der Waals surface area contributed by atoms with Gasteiger partial charge in [0.1, 0.15) is 5.70 Å². The van der Waals surface area contributed by atoms with E-state index in [2.05, 4.69) is 20.9 Å². The highest BCUT2D eigenvalue weighted by atomic mass is 35.5. The van der Waals surface area contributed by atoms with Crippen LogP contribution in [0.2, 0.25) is 10.0 Å². The Morgan fingerprint density at radius 1 is 0.875 bits per heavy atom. The van der Waals surface area contributed by atoms with Crippen molar-refractivity contribution in [3.63, 3.8) is 0 Å². The maximum Gasteiger partial charge on any atom is 0.272 e. The summed E-state index contributed by atoms with van der Waals surface area (Å²) in [6, 6.07) is 28.7. The molecule has 4 aromatic carbocycles. The van der Waals surface area contributed by atoms with Crippen molar-refractivity contribution in [3.8, 4) is 11.3 Å². The number of nitrogens with one attached hydrogen (secondary N) is 3. The lowest BCUT2D eigenvalue weighted by atomic mass is 10.1. The fraction of sp³-hybridized carbons (Fsp3) is 0.111. The third kappa shape index (κ3) is 9.26. The van der Waals surface area contributed by atoms with E-state index < -0.39 is 17.1 Å². The van der Waals surface area contributed by atoms with Crippen molar-refractivity contribution in [2.45, 2.75) is 17.1 Å². The van der Waals surface area contributed by atoms with E-state index in [1.54, 1.807) is 67.6 Å². The molecule has 3 N–H and O–H groups in total. The molecule has 8 nitrogen and oxygen atoms in total. The SMILES string of the molecule is CC(Sc1cccc(NC(=O)/C(=C\c2ccc(N(C)C)cc2)NC(=O)c2ccccc2)c1)C(=O)Nc1nc(-c2ccc(Cl)c(Cl)c2)cs1. The first-order chi connectivity index (χ1) is 23.0. The van der Waals surface area contributed by atoms with E-state index >= 15 is 0 Å². The van der Waals surface area contributed by atoms with Crippen molar-refractivity contribution in [1.29, 1.82) is 0 Å². The molecule has 5 aromatic rings. The molecule has 0 fully saturated rings. The molecule has 0 radical (unpaired) electrons. The number of hydrogen-bond acceptors (Lipinski definition) is 7. The summed E-state index contributed by atoms with van der Waals surface area (Å²) in [6.45, 7) is 1.79. The molecular weight excluding hydrogens is 685 g/mol. The highest BCUT2D eigenvalue weighted by Crippen LogP contribution is 2.32. The quantitative estimate of drug-likeness (QED) is 0.0934. The van der Waals surface area contributed by atoms with Crippen molar-refractivity contribution in [3.05, 3.63) is 129 Å². The summed E-state index contributed by atoms with van der Waals surface area (Å²) >= 11 is 14.8. The van der Waals surface area contributed by atoms with Crippen LogP contribution in [0.4, 0.5) is 16.5 Å². The Hall–Kier alpha value is -4.61. The van der Waals surface area contributed by atoms with Gasteiger partial charge in [0.05, 0.1) is 21.0 Å². The number of nitrogens with zero attached hydrogens (tertiary/aromatic N) is 2. The molecule has 48 heavy (non-hydrogen) atoms. The van der Waals surface area contributed by atoms with Crippen LogP contribution in [0.5, 0.6) is 0 Å². The zero-order valence-corrected chi connectivity index (χ0v) is 29.3. The molecule has 1 aromatic heterocycles. The minimum Gasteiger partial charge on any atom is -0.378 e. The van der Waals surface area contributed by atoms with Gasteiger partial charge in [0, 0.05) is 46.9 Å². The Balaban J connectivity index is 1.26. The standard InChI is InChI=1S/C36H31Cl2N5O3S2/c1-22(33(44)42-36-41-32(21-47-36)25-14-17-29(37)30(38)19-25)48-28-11-7-10-26(20-28)39-35(46)31(40-34(45)24-8-5-4-6-9-24)18-23-12-15-27(16-13-23)43(2)3/h4-22H,1-3H3,(H,39,46)(H,40,45)(H,41,42,44)/b31-18+. The molecular formula is C36H31Cl2N5O3S2. The predicted molar refractivity (Wildman–Crippen MR) is 199 cm³/mol. The molecule has 1 heterocycles. The average Bonchev–Trinajstić information content (AvgIpc) is 3.54. The summed E-state index contributed by atoms with van der Waals surface area (Å²) in [4.78, 5) is 46.9. The molecule has 0 saturated carbocycles. The Labute approximate surface area is 297 Å². The molecule has 0 aliphatic carbocycles. The van der Waals surface area contributed by atoms with Gasteiger partial charge in [-0.25, -0.2) is 4.98 Å². The van der Waals surface area contributed by atoms with Crippen molar-refractivity contribution >= 4 is 86.6 Å². The van der Waals surface area contributed by atoms with Gasteiger partial charge in [0.2, 0.25) is 5.91 Å². The fourth-order valence-corrected chi connectivity index (χ4v) is 6.35. The van der Waals surface area contributed by atoms with Gasteiger partial charge >= 0.3 is 0 Å². The first-order valence-electron chi connectivity index (χ1n) is 14.7. The number of benzene rings is 4. The van der Waals surface area contributed by atoms with E-state index in [1.165, 1.54) is 23.1 Å². The number of anilines is 3. The molecule has 1 unspecified atom stereocenters. The highest BCUT2D eigenvalue weighted by molar-refractivity contribution is 8.00. The maximum absolute atomic E-state index is 13.6. The number of aromatic nitrogens is 1. The summed E-state index contributed by atoms with van der Waals surface area (Å²) < 4.78 is 0. The second kappa shape index (κ2) is 16.0. The molecule has 0 saturated heterocycles. The monoisotopic (exact) mass is 715 g/mol. The van der Waals surface area contributed by atoms with Crippen LogP contribution in [0, 0.1) is 0 Å². The van der Waals surface area contributed by atoms with E-state index in [1.807, 2.05) is 66.8 Å². The van der Waals surface area contributed by atoms with Gasteiger partial charge in [0.15, 0.2) is 5.13 Å². The lowest BCUT2D eigenvalue weighted by molar-refractivity contribution is -0.115. The van der Waals surface area contributed by atoms with E-state index in [9.17, 15) is 14.4 Å². The normalized spacial score (nSPS) is 11.8. The molecule has 0 aliphatic rings. The van der Waals surface area contributed by atoms with Crippen LogP contribution in [-0.2, 0) is 9.59 Å². The predicted octanol–water partition coefficient (Wildman–Crippen LogP) is 8.71. The number of amides is 3. The van der Waals surface area contributed by atoms with Gasteiger partial charge < -0.3 is 20.9 Å². The van der Waals surface area contributed by atoms with Crippen LogP contribution >= 0.6 is 46.3 Å². The van der Waals surface area contributed by atoms with Gasteiger partial charge in [-0.1, -0.05) is 65.7 Å². The summed E-state index contributed by atoms with van der Waals surface area (Å²) in [6.07, 6.45) is 1.63. The molecule has 12 heteroatoms. The zero-order valence-electron chi connectivity index (χ0n) is 26.2. The molecule has 0 spiro atoms. The largest absolute Gasteiger partial charge is 0.378 e. The van der Waals surface area contributed by atoms with Crippen LogP contribution in [0.1, 0.15) is 22.8 Å². The average molecular weight is 717 g/mol. The third-order valence-corrected chi connectivity index (χ3v) is 9.56. The van der Waals surface area contributed by atoms with Gasteiger partial charge in [0.25, 0.3) is 11.8 Å². The molecule has 1 atom stereocenters. The topological polar surface area (TPSA) is 103 Å². The molecule has 0 aliphatic heterocycles. The molecule has 0 bridgehead atoms. The molecule has 3 amide bonds. The highest BCUT2D eigenvalue weighted by Gasteiger charge is 2.19. The number of carbonyl (C=O) groups is 3. The lowest BCUT2D eigenvalue weighted by Crippen LogP contribution is -2.30. The Kier molecular flexibility index (Phi) is 11.6. The Bertz CT molecular complexity index is 1960. The Morgan fingerprint density at radius 3 is 2.33 bits per heavy atom. The number of thioether (sulfide) groups is 1. The number of carbonyl (C=O) groups excluding carboxylic acids is 3. The number of halogens is 2. The minimum absolute atomic E-state index is 0.0796. The van der Waals surface area contributed by atoms with Crippen LogP contribution in [0.15, 0.2) is 113 Å². The van der Waals surface area contributed by atoms with Gasteiger partial charge in [-0.05, 0) is 73.2 Å². The fourth-order valence-electron chi connectivity index (χ4n) is 4.41. The van der Waals surface area contributed by atoms with Crippen LogP contribution < -0.4 is 20.9 Å². The molecule has 244 valence electrons. The van der Waals surface area contributed by atoms with E-state index in [0.29, 0.717) is 32.1 Å². The van der Waals surface area contributed by atoms with Crippen molar-refractivity contribution < 1.29 is 14.4 Å². The van der Waals surface area contributed by atoms with E-state index in [4.69, 9.17) is 23.2 Å². The van der Waals surface area contributed by atoms with Crippen molar-refractivity contribution in [2.24, 2.45) is 0 Å². The van der Waals surface area contributed by atoms with Gasteiger partial charge in [-0.2, -0.15) is 0 Å². The summed E-state index contributed by atoms with van der Waals surface area (Å²) in [7, 11) is 3.89. The first kappa shape index (κ1) is 34.7. The van der Waals surface area contributed by atoms with Crippen molar-refractivity contribution in [2.75, 3.05) is 29.6 Å². The van der Waals surface area contributed by atoms with Gasteiger partial charge in [-0.3, -0.25) is 14.4 Å². The van der Waals surface area contributed by atoms with Crippen LogP contribution in [0.25, 0.3) is 17.3 Å².